The Labute approximate surface area is 159 Å². The maximum absolute atomic E-state index is 13.0. The van der Waals surface area contributed by atoms with Crippen LogP contribution in [0, 0.1) is 11.3 Å². The van der Waals surface area contributed by atoms with E-state index in [1.165, 1.54) is 6.26 Å². The van der Waals surface area contributed by atoms with Crippen LogP contribution in [0.15, 0.2) is 41.0 Å². The Hall–Kier alpha value is -2.76. The molecule has 3 rings (SSSR count). The van der Waals surface area contributed by atoms with E-state index in [0.29, 0.717) is 23.9 Å². The molecule has 0 atom stereocenters. The van der Waals surface area contributed by atoms with Gasteiger partial charge >= 0.3 is 0 Å². The standard InChI is InChI=1S/C21H26N2O4/c1-14(2)9-10-23-16-8-7-15(22-19(24)17-6-5-11-26-17)12-18(16)27-13-21(3,4)20(23)25/h5-8,11-12,14H,9-10,13H2,1-4H3,(H,22,24). The first kappa shape index (κ1) is 19.0. The number of anilines is 2. The SMILES string of the molecule is CC(C)CCN1C(=O)C(C)(C)COc2cc(NC(=O)c3ccco3)ccc21. The molecular weight excluding hydrogens is 344 g/mol. The molecule has 2 amide bonds. The lowest BCUT2D eigenvalue weighted by molar-refractivity contribution is -0.127. The zero-order valence-corrected chi connectivity index (χ0v) is 16.2. The summed E-state index contributed by atoms with van der Waals surface area (Å²) in [6.07, 6.45) is 2.35. The molecule has 27 heavy (non-hydrogen) atoms. The number of rotatable bonds is 5. The van der Waals surface area contributed by atoms with E-state index in [4.69, 9.17) is 9.15 Å². The number of hydrogen-bond donors (Lipinski definition) is 1. The zero-order valence-electron chi connectivity index (χ0n) is 16.2. The van der Waals surface area contributed by atoms with Crippen molar-refractivity contribution in [1.82, 2.24) is 0 Å². The Morgan fingerprint density at radius 1 is 1.30 bits per heavy atom. The molecule has 144 valence electrons. The van der Waals surface area contributed by atoms with Gasteiger partial charge in [-0.25, -0.2) is 0 Å². The molecule has 1 N–H and O–H groups in total. The third kappa shape index (κ3) is 4.15. The van der Waals surface area contributed by atoms with E-state index in [2.05, 4.69) is 19.2 Å². The number of amides is 2. The summed E-state index contributed by atoms with van der Waals surface area (Å²) in [5, 5.41) is 2.80. The van der Waals surface area contributed by atoms with Crippen molar-refractivity contribution >= 4 is 23.2 Å². The highest BCUT2D eigenvalue weighted by molar-refractivity contribution is 6.03. The van der Waals surface area contributed by atoms with E-state index in [0.717, 1.165) is 12.1 Å². The zero-order chi connectivity index (χ0) is 19.6. The van der Waals surface area contributed by atoms with Gasteiger partial charge in [-0.3, -0.25) is 9.59 Å². The number of furan rings is 1. The second-order valence-corrected chi connectivity index (χ2v) is 7.93. The molecule has 1 aromatic heterocycles. The summed E-state index contributed by atoms with van der Waals surface area (Å²) in [6.45, 7) is 8.98. The van der Waals surface area contributed by atoms with Crippen molar-refractivity contribution in [3.05, 3.63) is 42.4 Å². The largest absolute Gasteiger partial charge is 0.490 e. The second kappa shape index (κ2) is 7.47. The minimum Gasteiger partial charge on any atom is -0.490 e. The van der Waals surface area contributed by atoms with Crippen LogP contribution in [-0.4, -0.2) is 25.0 Å². The Kier molecular flexibility index (Phi) is 5.26. The van der Waals surface area contributed by atoms with Gasteiger partial charge in [0, 0.05) is 18.3 Å². The third-order valence-electron chi connectivity index (χ3n) is 4.60. The van der Waals surface area contributed by atoms with Crippen molar-refractivity contribution in [2.45, 2.75) is 34.1 Å². The van der Waals surface area contributed by atoms with Gasteiger partial charge in [-0.1, -0.05) is 13.8 Å². The minimum atomic E-state index is -0.617. The van der Waals surface area contributed by atoms with E-state index in [1.54, 1.807) is 29.2 Å². The molecule has 0 saturated carbocycles. The molecule has 0 aliphatic carbocycles. The van der Waals surface area contributed by atoms with E-state index in [1.807, 2.05) is 19.9 Å². The first-order valence-electron chi connectivity index (χ1n) is 9.21. The number of nitrogens with one attached hydrogen (secondary N) is 1. The number of nitrogens with zero attached hydrogens (tertiary/aromatic N) is 1. The van der Waals surface area contributed by atoms with Crippen LogP contribution in [0.2, 0.25) is 0 Å². The summed E-state index contributed by atoms with van der Waals surface area (Å²) in [4.78, 5) is 27.0. The number of carbonyl (C=O) groups excluding carboxylic acids is 2. The molecule has 0 spiro atoms. The summed E-state index contributed by atoms with van der Waals surface area (Å²) in [5.41, 5.74) is 0.710. The van der Waals surface area contributed by atoms with Gasteiger partial charge < -0.3 is 19.4 Å². The second-order valence-electron chi connectivity index (χ2n) is 7.93. The first-order valence-corrected chi connectivity index (χ1v) is 9.21. The molecule has 6 heteroatoms. The lowest BCUT2D eigenvalue weighted by atomic mass is 9.92. The van der Waals surface area contributed by atoms with Gasteiger partial charge in [-0.15, -0.1) is 0 Å². The van der Waals surface area contributed by atoms with Gasteiger partial charge in [0.2, 0.25) is 5.91 Å². The van der Waals surface area contributed by atoms with E-state index in [-0.39, 0.29) is 24.2 Å². The molecule has 1 aliphatic rings. The van der Waals surface area contributed by atoms with E-state index in [9.17, 15) is 9.59 Å². The fraction of sp³-hybridized carbons (Fsp3) is 0.429. The summed E-state index contributed by atoms with van der Waals surface area (Å²) in [7, 11) is 0. The fourth-order valence-electron chi connectivity index (χ4n) is 2.93. The molecule has 0 bridgehead atoms. The summed E-state index contributed by atoms with van der Waals surface area (Å²) in [6, 6.07) is 8.62. The lowest BCUT2D eigenvalue weighted by Crippen LogP contribution is -2.42. The Morgan fingerprint density at radius 3 is 2.74 bits per heavy atom. The number of carbonyl (C=O) groups is 2. The van der Waals surface area contributed by atoms with Crippen LogP contribution >= 0.6 is 0 Å². The molecule has 1 aromatic carbocycles. The maximum Gasteiger partial charge on any atom is 0.291 e. The summed E-state index contributed by atoms with van der Waals surface area (Å²) in [5.74, 6) is 1.03. The highest BCUT2D eigenvalue weighted by Crippen LogP contribution is 2.38. The van der Waals surface area contributed by atoms with Gasteiger partial charge in [0.15, 0.2) is 5.76 Å². The maximum atomic E-state index is 13.0. The molecular formula is C21H26N2O4. The van der Waals surface area contributed by atoms with Crippen molar-refractivity contribution in [1.29, 1.82) is 0 Å². The molecule has 2 heterocycles. The fourth-order valence-corrected chi connectivity index (χ4v) is 2.93. The topological polar surface area (TPSA) is 71.8 Å². The molecule has 1 aliphatic heterocycles. The van der Waals surface area contributed by atoms with Gasteiger partial charge in [-0.2, -0.15) is 0 Å². The number of fused-ring (bicyclic) bond motifs is 1. The number of ether oxygens (including phenoxy) is 1. The van der Waals surface area contributed by atoms with Crippen molar-refractivity contribution in [2.75, 3.05) is 23.4 Å². The van der Waals surface area contributed by atoms with Crippen molar-refractivity contribution in [2.24, 2.45) is 11.3 Å². The quantitative estimate of drug-likeness (QED) is 0.850. The van der Waals surface area contributed by atoms with Crippen molar-refractivity contribution in [3.63, 3.8) is 0 Å². The van der Waals surface area contributed by atoms with E-state index < -0.39 is 5.41 Å². The van der Waals surface area contributed by atoms with Crippen LogP contribution in [0.1, 0.15) is 44.7 Å². The first-order chi connectivity index (χ1) is 12.8. The van der Waals surface area contributed by atoms with Crippen molar-refractivity contribution in [3.8, 4) is 5.75 Å². The normalized spacial score (nSPS) is 15.9. The van der Waals surface area contributed by atoms with Crippen LogP contribution in [0.3, 0.4) is 0 Å². The van der Waals surface area contributed by atoms with Gasteiger partial charge in [-0.05, 0) is 50.5 Å². The van der Waals surface area contributed by atoms with Crippen LogP contribution < -0.4 is 15.0 Å². The summed E-state index contributed by atoms with van der Waals surface area (Å²) >= 11 is 0. The molecule has 0 unspecified atom stereocenters. The van der Waals surface area contributed by atoms with Crippen LogP contribution in [-0.2, 0) is 4.79 Å². The smallest absolute Gasteiger partial charge is 0.291 e. The van der Waals surface area contributed by atoms with Gasteiger partial charge in [0.1, 0.15) is 12.4 Å². The molecule has 2 aromatic rings. The Balaban J connectivity index is 1.88. The van der Waals surface area contributed by atoms with Gasteiger partial charge in [0.05, 0.1) is 17.4 Å². The highest BCUT2D eigenvalue weighted by atomic mass is 16.5. The van der Waals surface area contributed by atoms with Crippen LogP contribution in [0.5, 0.6) is 5.75 Å². The minimum absolute atomic E-state index is 0.0503. The monoisotopic (exact) mass is 370 g/mol. The lowest BCUT2D eigenvalue weighted by Gasteiger charge is -2.28. The average Bonchev–Trinajstić information content (AvgIpc) is 3.13. The molecule has 0 saturated heterocycles. The predicted octanol–water partition coefficient (Wildman–Crippen LogP) is 4.33. The molecule has 0 fully saturated rings. The molecule has 6 nitrogen and oxygen atoms in total. The van der Waals surface area contributed by atoms with Crippen LogP contribution in [0.4, 0.5) is 11.4 Å². The Morgan fingerprint density at radius 2 is 2.07 bits per heavy atom. The third-order valence-corrected chi connectivity index (χ3v) is 4.60. The van der Waals surface area contributed by atoms with E-state index >= 15 is 0 Å². The Bertz CT molecular complexity index is 825. The number of hydrogen-bond acceptors (Lipinski definition) is 4. The highest BCUT2D eigenvalue weighted by Gasteiger charge is 2.37. The average molecular weight is 370 g/mol. The van der Waals surface area contributed by atoms with Crippen LogP contribution in [0.25, 0.3) is 0 Å². The number of benzene rings is 1. The predicted molar refractivity (Wildman–Crippen MR) is 104 cm³/mol. The molecule has 0 radical (unpaired) electrons. The van der Waals surface area contributed by atoms with Gasteiger partial charge in [0.25, 0.3) is 5.91 Å². The van der Waals surface area contributed by atoms with Crippen molar-refractivity contribution < 1.29 is 18.7 Å². The summed E-state index contributed by atoms with van der Waals surface area (Å²) < 4.78 is 11.1.